The second-order valence-corrected chi connectivity index (χ2v) is 5.98. The Morgan fingerprint density at radius 2 is 2.10 bits per heavy atom. The van der Waals surface area contributed by atoms with Crippen molar-refractivity contribution in [3.8, 4) is 0 Å². The van der Waals surface area contributed by atoms with E-state index in [-0.39, 0.29) is 5.82 Å². The minimum absolute atomic E-state index is 0.129. The van der Waals surface area contributed by atoms with Gasteiger partial charge in [-0.25, -0.2) is 4.39 Å². The molecule has 1 atom stereocenters. The Morgan fingerprint density at radius 3 is 2.81 bits per heavy atom. The molecular weight excluding hydrogens is 263 g/mol. The lowest BCUT2D eigenvalue weighted by Crippen LogP contribution is -2.23. The van der Waals surface area contributed by atoms with Crippen molar-refractivity contribution in [1.82, 2.24) is 9.88 Å². The van der Waals surface area contributed by atoms with Crippen molar-refractivity contribution in [1.29, 1.82) is 0 Å². The summed E-state index contributed by atoms with van der Waals surface area (Å²) in [5.41, 5.74) is 2.08. The van der Waals surface area contributed by atoms with Gasteiger partial charge in [-0.05, 0) is 49.4 Å². The number of halogens is 1. The van der Waals surface area contributed by atoms with Gasteiger partial charge in [0.2, 0.25) is 0 Å². The molecule has 0 amide bonds. The quantitative estimate of drug-likeness (QED) is 0.810. The van der Waals surface area contributed by atoms with Gasteiger partial charge in [-0.1, -0.05) is 25.1 Å². The van der Waals surface area contributed by atoms with Crippen LogP contribution in [0.2, 0.25) is 0 Å². The van der Waals surface area contributed by atoms with Gasteiger partial charge in [0, 0.05) is 30.5 Å². The highest BCUT2D eigenvalue weighted by atomic mass is 19.1. The lowest BCUT2D eigenvalue weighted by molar-refractivity contribution is 0.480. The molecule has 1 N–H and O–H groups in total. The van der Waals surface area contributed by atoms with Gasteiger partial charge in [0.1, 0.15) is 5.82 Å². The van der Waals surface area contributed by atoms with Crippen LogP contribution >= 0.6 is 0 Å². The number of nitrogens with one attached hydrogen (secondary N) is 1. The Balaban J connectivity index is 1.71. The van der Waals surface area contributed by atoms with Crippen molar-refractivity contribution in [2.45, 2.75) is 38.8 Å². The molecule has 21 heavy (non-hydrogen) atoms. The third kappa shape index (κ3) is 3.53. The molecular formula is C18H23FN2. The number of benzene rings is 1. The van der Waals surface area contributed by atoms with Crippen LogP contribution in [-0.2, 0) is 6.54 Å². The summed E-state index contributed by atoms with van der Waals surface area (Å²) in [4.78, 5) is 0. The monoisotopic (exact) mass is 286 g/mol. The Kier molecular flexibility index (Phi) is 4.39. The summed E-state index contributed by atoms with van der Waals surface area (Å²) in [5.74, 6) is 0.650. The van der Waals surface area contributed by atoms with E-state index in [2.05, 4.69) is 35.3 Å². The van der Waals surface area contributed by atoms with E-state index in [1.165, 1.54) is 24.5 Å². The molecule has 1 unspecified atom stereocenters. The first kappa shape index (κ1) is 14.3. The van der Waals surface area contributed by atoms with Gasteiger partial charge in [0.25, 0.3) is 0 Å². The summed E-state index contributed by atoms with van der Waals surface area (Å²) in [6, 6.07) is 9.63. The molecule has 1 aliphatic carbocycles. The van der Waals surface area contributed by atoms with Crippen LogP contribution < -0.4 is 5.32 Å². The molecule has 1 fully saturated rings. The molecule has 3 heteroatoms. The predicted molar refractivity (Wildman–Crippen MR) is 83.7 cm³/mol. The zero-order chi connectivity index (χ0) is 14.7. The Morgan fingerprint density at radius 1 is 1.29 bits per heavy atom. The van der Waals surface area contributed by atoms with E-state index in [9.17, 15) is 4.39 Å². The van der Waals surface area contributed by atoms with Crippen LogP contribution in [0.3, 0.4) is 0 Å². The minimum Gasteiger partial charge on any atom is -0.349 e. The highest BCUT2D eigenvalue weighted by molar-refractivity contribution is 5.22. The molecule has 1 heterocycles. The molecule has 3 rings (SSSR count). The molecule has 1 aromatic carbocycles. The largest absolute Gasteiger partial charge is 0.349 e. The average molecular weight is 286 g/mol. The van der Waals surface area contributed by atoms with Crippen LogP contribution in [0.15, 0.2) is 42.7 Å². The van der Waals surface area contributed by atoms with Gasteiger partial charge in [0.05, 0.1) is 0 Å². The van der Waals surface area contributed by atoms with Gasteiger partial charge in [-0.3, -0.25) is 0 Å². The van der Waals surface area contributed by atoms with Gasteiger partial charge in [0.15, 0.2) is 0 Å². The molecule has 1 saturated carbocycles. The van der Waals surface area contributed by atoms with Crippen LogP contribution in [0.4, 0.5) is 4.39 Å². The van der Waals surface area contributed by atoms with E-state index in [0.717, 1.165) is 24.4 Å². The van der Waals surface area contributed by atoms with Crippen LogP contribution in [0, 0.1) is 11.7 Å². The van der Waals surface area contributed by atoms with Gasteiger partial charge >= 0.3 is 0 Å². The number of rotatable bonds is 7. The van der Waals surface area contributed by atoms with E-state index >= 15 is 0 Å². The first-order valence-electron chi connectivity index (χ1n) is 7.90. The SMILES string of the molecule is CCCNC(c1ccn(Cc2ccccc2F)c1)C1CC1. The minimum atomic E-state index is -0.129. The van der Waals surface area contributed by atoms with Crippen molar-refractivity contribution in [2.75, 3.05) is 6.54 Å². The van der Waals surface area contributed by atoms with Crippen LogP contribution in [0.25, 0.3) is 0 Å². The van der Waals surface area contributed by atoms with Gasteiger partial charge in [-0.2, -0.15) is 0 Å². The van der Waals surface area contributed by atoms with E-state index in [4.69, 9.17) is 0 Å². The highest BCUT2D eigenvalue weighted by Crippen LogP contribution is 2.41. The third-order valence-corrected chi connectivity index (χ3v) is 4.15. The first-order chi connectivity index (χ1) is 10.3. The highest BCUT2D eigenvalue weighted by Gasteiger charge is 2.32. The lowest BCUT2D eigenvalue weighted by atomic mass is 10.1. The molecule has 1 aromatic heterocycles. The molecule has 0 spiro atoms. The maximum atomic E-state index is 13.7. The van der Waals surface area contributed by atoms with E-state index < -0.39 is 0 Å². The Hall–Kier alpha value is -1.61. The van der Waals surface area contributed by atoms with Crippen LogP contribution in [-0.4, -0.2) is 11.1 Å². The number of hydrogen-bond acceptors (Lipinski definition) is 1. The summed E-state index contributed by atoms with van der Waals surface area (Å²) in [6.07, 6.45) is 8.02. The summed E-state index contributed by atoms with van der Waals surface area (Å²) < 4.78 is 15.8. The molecule has 2 nitrogen and oxygen atoms in total. The number of hydrogen-bond donors (Lipinski definition) is 1. The maximum absolute atomic E-state index is 13.7. The summed E-state index contributed by atoms with van der Waals surface area (Å²) in [6.45, 7) is 3.85. The average Bonchev–Trinajstić information content (AvgIpc) is 3.22. The zero-order valence-electron chi connectivity index (χ0n) is 12.6. The normalized spacial score (nSPS) is 16.1. The van der Waals surface area contributed by atoms with E-state index in [1.807, 2.05) is 12.1 Å². The van der Waals surface area contributed by atoms with E-state index in [0.29, 0.717) is 12.6 Å². The Labute approximate surface area is 126 Å². The molecule has 2 aromatic rings. The van der Waals surface area contributed by atoms with Crippen molar-refractivity contribution in [3.63, 3.8) is 0 Å². The van der Waals surface area contributed by atoms with Crippen molar-refractivity contribution >= 4 is 0 Å². The smallest absolute Gasteiger partial charge is 0.128 e. The topological polar surface area (TPSA) is 17.0 Å². The van der Waals surface area contributed by atoms with Crippen LogP contribution in [0.5, 0.6) is 0 Å². The van der Waals surface area contributed by atoms with Gasteiger partial charge in [-0.15, -0.1) is 0 Å². The molecule has 0 bridgehead atoms. The lowest BCUT2D eigenvalue weighted by Gasteiger charge is -2.16. The number of nitrogens with zero attached hydrogens (tertiary/aromatic N) is 1. The molecule has 112 valence electrons. The fraction of sp³-hybridized carbons (Fsp3) is 0.444. The number of aromatic nitrogens is 1. The zero-order valence-corrected chi connectivity index (χ0v) is 12.6. The molecule has 0 aliphatic heterocycles. The summed E-state index contributed by atoms with van der Waals surface area (Å²) >= 11 is 0. The predicted octanol–water partition coefficient (Wildman–Crippen LogP) is 4.13. The molecule has 0 saturated heterocycles. The second-order valence-electron chi connectivity index (χ2n) is 5.98. The maximum Gasteiger partial charge on any atom is 0.128 e. The van der Waals surface area contributed by atoms with Crippen molar-refractivity contribution in [3.05, 3.63) is 59.7 Å². The Bertz CT molecular complexity index is 586. The standard InChI is InChI=1S/C18H23FN2/c1-2-10-20-18(14-7-8-14)16-9-11-21(13-16)12-15-5-3-4-6-17(15)19/h3-6,9,11,13-14,18,20H,2,7-8,10,12H2,1H3. The fourth-order valence-electron chi connectivity index (χ4n) is 2.85. The van der Waals surface area contributed by atoms with E-state index in [1.54, 1.807) is 6.07 Å². The van der Waals surface area contributed by atoms with Crippen molar-refractivity contribution in [2.24, 2.45) is 5.92 Å². The molecule has 0 radical (unpaired) electrons. The van der Waals surface area contributed by atoms with Gasteiger partial charge < -0.3 is 9.88 Å². The third-order valence-electron chi connectivity index (χ3n) is 4.15. The first-order valence-corrected chi connectivity index (χ1v) is 7.90. The second kappa shape index (κ2) is 6.44. The van der Waals surface area contributed by atoms with Crippen LogP contribution in [0.1, 0.15) is 43.4 Å². The summed E-state index contributed by atoms with van der Waals surface area (Å²) in [7, 11) is 0. The summed E-state index contributed by atoms with van der Waals surface area (Å²) in [5, 5.41) is 3.65. The molecule has 1 aliphatic rings. The fourth-order valence-corrected chi connectivity index (χ4v) is 2.85. The van der Waals surface area contributed by atoms with Crippen molar-refractivity contribution < 1.29 is 4.39 Å².